The summed E-state index contributed by atoms with van der Waals surface area (Å²) in [6.45, 7) is 0. The van der Waals surface area contributed by atoms with Crippen LogP contribution in [0.3, 0.4) is 0 Å². The normalized spacial score (nSPS) is 8.64. The van der Waals surface area contributed by atoms with Gasteiger partial charge in [0.25, 0.3) is 0 Å². The highest BCUT2D eigenvalue weighted by atomic mass is 27.2. The lowest BCUT2D eigenvalue weighted by Gasteiger charge is -1.90. The summed E-state index contributed by atoms with van der Waals surface area (Å²) >= 11 is -1.83. The van der Waals surface area contributed by atoms with Crippen LogP contribution in [-0.4, -0.2) is 14.1 Å². The number of hydrogen-bond donors (Lipinski definition) is 0. The van der Waals surface area contributed by atoms with Gasteiger partial charge in [-0.1, -0.05) is 72.4 Å². The van der Waals surface area contributed by atoms with Gasteiger partial charge in [-0.3, -0.25) is 0 Å². The van der Waals surface area contributed by atoms with Gasteiger partial charge in [0, 0.05) is 16.7 Å². The molecular weight excluding hydrogens is 315 g/mol. The molecule has 0 heterocycles. The average molecular weight is 330 g/mol. The van der Waals surface area contributed by atoms with Crippen molar-refractivity contribution in [2.45, 2.75) is 0 Å². The second-order valence-electron chi connectivity index (χ2n) is 5.34. The van der Waals surface area contributed by atoms with Crippen LogP contribution < -0.4 is 0 Å². The van der Waals surface area contributed by atoms with E-state index in [0.29, 0.717) is 0 Å². The van der Waals surface area contributed by atoms with Crippen molar-refractivity contribution in [3.8, 4) is 32.1 Å². The van der Waals surface area contributed by atoms with Gasteiger partial charge < -0.3 is 0 Å². The Balaban J connectivity index is 1.88. The lowest BCUT2D eigenvalue weighted by atomic mass is 10.2. The number of hydrogen-bond acceptors (Lipinski definition) is 0. The van der Waals surface area contributed by atoms with Gasteiger partial charge in [-0.15, -0.1) is 0 Å². The first-order chi connectivity index (χ1) is 12.4. The Hall–Kier alpha value is -3.13. The summed E-state index contributed by atoms with van der Waals surface area (Å²) < 4.78 is 0. The predicted molar refractivity (Wildman–Crippen MR) is 106 cm³/mol. The molecule has 0 radical (unpaired) electrons. The molecule has 0 fully saturated rings. The molecule has 0 nitrogen and oxygen atoms in total. The fourth-order valence-electron chi connectivity index (χ4n) is 2.14. The summed E-state index contributed by atoms with van der Waals surface area (Å²) in [5.41, 5.74) is 3.01. The van der Waals surface area contributed by atoms with Gasteiger partial charge in [0.2, 0.25) is 0 Å². The van der Waals surface area contributed by atoms with E-state index < -0.39 is 14.1 Å². The molecule has 114 valence electrons. The topological polar surface area (TPSA) is 0 Å². The van der Waals surface area contributed by atoms with Crippen molar-refractivity contribution >= 4 is 14.1 Å². The molecule has 0 amide bonds. The molecule has 0 N–H and O–H groups in total. The van der Waals surface area contributed by atoms with Crippen LogP contribution in [0.2, 0.25) is 0 Å². The Morgan fingerprint density at radius 2 is 0.680 bits per heavy atom. The zero-order valence-electron chi connectivity index (χ0n) is 13.7. The first-order valence-corrected chi connectivity index (χ1v) is 9.83. The first kappa shape index (κ1) is 16.7. The summed E-state index contributed by atoms with van der Waals surface area (Å²) in [4.78, 5) is 9.95. The van der Waals surface area contributed by atoms with E-state index in [1.54, 1.807) is 0 Å². The molecule has 0 bridgehead atoms. The maximum Gasteiger partial charge on any atom is 0.575 e. The van der Waals surface area contributed by atoms with E-state index in [-0.39, 0.29) is 0 Å². The summed E-state index contributed by atoms with van der Waals surface area (Å²) in [5, 5.41) is 0. The van der Waals surface area contributed by atoms with E-state index in [0.717, 1.165) is 16.7 Å². The van der Waals surface area contributed by atoms with Crippen molar-refractivity contribution in [1.82, 2.24) is 0 Å². The van der Waals surface area contributed by atoms with E-state index in [4.69, 9.17) is 0 Å². The van der Waals surface area contributed by atoms with Crippen molar-refractivity contribution in [1.29, 1.82) is 0 Å². The average Bonchev–Trinajstić information content (AvgIpc) is 2.70. The van der Waals surface area contributed by atoms with Crippen molar-refractivity contribution < 1.29 is 0 Å². The second-order valence-corrected chi connectivity index (χ2v) is 7.07. The van der Waals surface area contributed by atoms with Gasteiger partial charge in [0.15, 0.2) is 0 Å². The molecule has 25 heavy (non-hydrogen) atoms. The smallest absolute Gasteiger partial charge is 0.163 e. The fraction of sp³-hybridized carbons (Fsp3) is 0. The zero-order chi connectivity index (χ0) is 17.2. The summed E-state index contributed by atoms with van der Waals surface area (Å²) in [5.74, 6) is 9.67. The SMILES string of the molecule is C(#[C][Al]([C]#Cc1ccccc1)[C]#Cc1ccccc1)c1ccccc1. The molecule has 0 saturated carbocycles. The first-order valence-electron chi connectivity index (χ1n) is 8.10. The molecule has 0 aliphatic heterocycles. The molecule has 0 atom stereocenters. The molecular formula is C24H15Al. The quantitative estimate of drug-likeness (QED) is 0.427. The monoisotopic (exact) mass is 330 g/mol. The van der Waals surface area contributed by atoms with Crippen LogP contribution in [0.25, 0.3) is 0 Å². The predicted octanol–water partition coefficient (Wildman–Crippen LogP) is 4.25. The lowest BCUT2D eigenvalue weighted by Crippen LogP contribution is -2.05. The van der Waals surface area contributed by atoms with E-state index >= 15 is 0 Å². The lowest BCUT2D eigenvalue weighted by molar-refractivity contribution is 1.65. The van der Waals surface area contributed by atoms with Gasteiger partial charge >= 0.3 is 14.1 Å². The third-order valence-corrected chi connectivity index (χ3v) is 4.70. The maximum absolute atomic E-state index is 3.32. The summed E-state index contributed by atoms with van der Waals surface area (Å²) in [6, 6.07) is 30.0. The van der Waals surface area contributed by atoms with E-state index in [9.17, 15) is 0 Å². The molecule has 0 saturated heterocycles. The van der Waals surface area contributed by atoms with Crippen LogP contribution in [-0.2, 0) is 0 Å². The van der Waals surface area contributed by atoms with Crippen LogP contribution in [0.4, 0.5) is 0 Å². The highest BCUT2D eigenvalue weighted by molar-refractivity contribution is 6.82. The van der Waals surface area contributed by atoms with E-state index in [2.05, 4.69) is 32.1 Å². The molecule has 0 aliphatic rings. The number of rotatable bonds is 0. The van der Waals surface area contributed by atoms with Gasteiger partial charge in [-0.25, -0.2) is 0 Å². The minimum absolute atomic E-state index is 1.00. The van der Waals surface area contributed by atoms with E-state index in [1.165, 1.54) is 0 Å². The van der Waals surface area contributed by atoms with Crippen molar-refractivity contribution in [3.05, 3.63) is 108 Å². The summed E-state index contributed by atoms with van der Waals surface area (Å²) in [7, 11) is 0. The molecule has 0 aromatic heterocycles. The van der Waals surface area contributed by atoms with Crippen LogP contribution in [0.1, 0.15) is 16.7 Å². The molecule has 0 spiro atoms. The van der Waals surface area contributed by atoms with Crippen LogP contribution in [0, 0.1) is 32.1 Å². The molecule has 3 rings (SSSR count). The molecule has 3 aromatic carbocycles. The molecule has 0 unspecified atom stereocenters. The minimum atomic E-state index is -1.83. The van der Waals surface area contributed by atoms with Crippen molar-refractivity contribution in [2.24, 2.45) is 0 Å². The highest BCUT2D eigenvalue weighted by Crippen LogP contribution is 1.98. The third kappa shape index (κ3) is 5.78. The standard InChI is InChI=1S/3C8H5.Al/c3*1-2-8-6-4-3-5-7-8;/h3*3-7H;. The van der Waals surface area contributed by atoms with Gasteiger partial charge in [-0.05, 0) is 36.4 Å². The molecule has 0 aliphatic carbocycles. The van der Waals surface area contributed by atoms with Crippen LogP contribution >= 0.6 is 0 Å². The van der Waals surface area contributed by atoms with Crippen LogP contribution in [0.15, 0.2) is 91.0 Å². The van der Waals surface area contributed by atoms with Crippen molar-refractivity contribution in [3.63, 3.8) is 0 Å². The Labute approximate surface area is 153 Å². The maximum atomic E-state index is 3.32. The fourth-order valence-corrected chi connectivity index (χ4v) is 3.29. The van der Waals surface area contributed by atoms with Crippen molar-refractivity contribution in [2.75, 3.05) is 0 Å². The van der Waals surface area contributed by atoms with Gasteiger partial charge in [0.05, 0.1) is 0 Å². The Kier molecular flexibility index (Phi) is 6.18. The summed E-state index contributed by atoms with van der Waals surface area (Å²) in [6.07, 6.45) is 0. The van der Waals surface area contributed by atoms with Crippen LogP contribution in [0.5, 0.6) is 0 Å². The largest absolute Gasteiger partial charge is 0.575 e. The third-order valence-electron chi connectivity index (χ3n) is 3.40. The number of benzene rings is 3. The van der Waals surface area contributed by atoms with Gasteiger partial charge in [-0.2, -0.15) is 14.3 Å². The molecule has 3 aromatic rings. The Morgan fingerprint density at radius 1 is 0.400 bits per heavy atom. The Bertz CT molecular complexity index is 850. The van der Waals surface area contributed by atoms with E-state index in [1.807, 2.05) is 91.0 Å². The van der Waals surface area contributed by atoms with Gasteiger partial charge in [0.1, 0.15) is 0 Å². The second kappa shape index (κ2) is 9.24. The molecule has 1 heteroatoms. The zero-order valence-corrected chi connectivity index (χ0v) is 14.9. The minimum Gasteiger partial charge on any atom is -0.163 e. The highest BCUT2D eigenvalue weighted by Gasteiger charge is 2.08. The Morgan fingerprint density at radius 3 is 0.960 bits per heavy atom.